The lowest BCUT2D eigenvalue weighted by Gasteiger charge is -2.38. The Morgan fingerprint density at radius 3 is 2.78 bits per heavy atom. The van der Waals surface area contributed by atoms with E-state index in [1.807, 2.05) is 0 Å². The molecule has 0 aromatic heterocycles. The molecular formula is C23H21BrN2O. The molecule has 0 saturated carbocycles. The van der Waals surface area contributed by atoms with Crippen molar-refractivity contribution in [3.63, 3.8) is 0 Å². The fourth-order valence-electron chi connectivity index (χ4n) is 4.11. The molecule has 0 saturated heterocycles. The predicted octanol–water partition coefficient (Wildman–Crippen LogP) is 6.27. The van der Waals surface area contributed by atoms with Crippen molar-refractivity contribution in [2.75, 3.05) is 0 Å². The van der Waals surface area contributed by atoms with Gasteiger partial charge in [0, 0.05) is 22.9 Å². The standard InChI is InChI=1S/C23H21BrN2O/c1-2-5-23-26-21(19-13-18(24)10-11-22(19)27-23)14-20(25-26)17-9-8-15-6-3-4-7-16(15)12-17/h3-4,6-13,21,23H,2,5,14H2,1H3. The molecule has 3 nitrogen and oxygen atoms in total. The van der Waals surface area contributed by atoms with Gasteiger partial charge < -0.3 is 4.74 Å². The van der Waals surface area contributed by atoms with Crippen LogP contribution in [0.1, 0.15) is 43.4 Å². The maximum Gasteiger partial charge on any atom is 0.187 e. The Morgan fingerprint density at radius 2 is 1.93 bits per heavy atom. The largest absolute Gasteiger partial charge is 0.469 e. The summed E-state index contributed by atoms with van der Waals surface area (Å²) in [6.07, 6.45) is 2.96. The molecule has 3 aromatic carbocycles. The van der Waals surface area contributed by atoms with E-state index in [0.717, 1.165) is 35.2 Å². The third-order valence-corrected chi connectivity index (χ3v) is 5.94. The third kappa shape index (κ3) is 2.92. The molecule has 5 rings (SSSR count). The van der Waals surface area contributed by atoms with Gasteiger partial charge in [-0.15, -0.1) is 0 Å². The lowest BCUT2D eigenvalue weighted by atomic mass is 9.95. The molecule has 2 atom stereocenters. The van der Waals surface area contributed by atoms with Crippen molar-refractivity contribution in [3.05, 3.63) is 76.3 Å². The Morgan fingerprint density at radius 1 is 1.07 bits per heavy atom. The minimum absolute atomic E-state index is 0.00614. The highest BCUT2D eigenvalue weighted by Crippen LogP contribution is 2.44. The Balaban J connectivity index is 1.55. The van der Waals surface area contributed by atoms with Crippen LogP contribution in [-0.2, 0) is 0 Å². The number of hydrogen-bond donors (Lipinski definition) is 0. The van der Waals surface area contributed by atoms with Crippen LogP contribution in [0.2, 0.25) is 0 Å². The van der Waals surface area contributed by atoms with Crippen molar-refractivity contribution >= 4 is 32.4 Å². The Hall–Kier alpha value is -2.33. The lowest BCUT2D eigenvalue weighted by Crippen LogP contribution is -2.40. The van der Waals surface area contributed by atoms with E-state index in [4.69, 9.17) is 9.84 Å². The Labute approximate surface area is 167 Å². The van der Waals surface area contributed by atoms with Crippen LogP contribution < -0.4 is 4.74 Å². The molecule has 0 bridgehead atoms. The van der Waals surface area contributed by atoms with Crippen LogP contribution in [-0.4, -0.2) is 16.9 Å². The molecule has 0 spiro atoms. The van der Waals surface area contributed by atoms with Gasteiger partial charge >= 0.3 is 0 Å². The van der Waals surface area contributed by atoms with Gasteiger partial charge in [0.2, 0.25) is 0 Å². The van der Waals surface area contributed by atoms with Crippen molar-refractivity contribution in [2.45, 2.75) is 38.5 Å². The molecular weight excluding hydrogens is 400 g/mol. The molecule has 2 aliphatic heterocycles. The number of fused-ring (bicyclic) bond motifs is 4. The van der Waals surface area contributed by atoms with Gasteiger partial charge in [0.05, 0.1) is 11.8 Å². The lowest BCUT2D eigenvalue weighted by molar-refractivity contribution is -0.0223. The number of ether oxygens (including phenoxy) is 1. The van der Waals surface area contributed by atoms with E-state index in [1.165, 1.54) is 21.9 Å². The van der Waals surface area contributed by atoms with Gasteiger partial charge in [-0.3, -0.25) is 5.01 Å². The first-order chi connectivity index (χ1) is 13.2. The normalized spacial score (nSPS) is 20.8. The minimum Gasteiger partial charge on any atom is -0.469 e. The molecule has 2 aliphatic rings. The maximum atomic E-state index is 6.29. The molecule has 0 N–H and O–H groups in total. The van der Waals surface area contributed by atoms with Gasteiger partial charge in [-0.25, -0.2) is 0 Å². The Bertz CT molecular complexity index is 1050. The smallest absolute Gasteiger partial charge is 0.187 e. The highest BCUT2D eigenvalue weighted by molar-refractivity contribution is 9.10. The summed E-state index contributed by atoms with van der Waals surface area (Å²) >= 11 is 3.61. The quantitative estimate of drug-likeness (QED) is 0.498. The molecule has 2 unspecified atom stereocenters. The van der Waals surface area contributed by atoms with E-state index in [2.05, 4.69) is 88.5 Å². The summed E-state index contributed by atoms with van der Waals surface area (Å²) < 4.78 is 7.38. The first-order valence-corrected chi connectivity index (χ1v) is 10.3. The average molecular weight is 421 g/mol. The minimum atomic E-state index is 0.00614. The van der Waals surface area contributed by atoms with Gasteiger partial charge in [-0.05, 0) is 40.6 Å². The van der Waals surface area contributed by atoms with E-state index in [1.54, 1.807) is 0 Å². The number of halogens is 1. The third-order valence-electron chi connectivity index (χ3n) is 5.45. The first kappa shape index (κ1) is 16.8. The molecule has 0 aliphatic carbocycles. The van der Waals surface area contributed by atoms with E-state index in [0.29, 0.717) is 0 Å². The first-order valence-electron chi connectivity index (χ1n) is 9.54. The summed E-state index contributed by atoms with van der Waals surface area (Å²) in [6.45, 7) is 2.19. The zero-order valence-electron chi connectivity index (χ0n) is 15.2. The van der Waals surface area contributed by atoms with Gasteiger partial charge in [0.15, 0.2) is 6.23 Å². The van der Waals surface area contributed by atoms with Crippen LogP contribution in [0.5, 0.6) is 5.75 Å². The van der Waals surface area contributed by atoms with Crippen LogP contribution in [0.25, 0.3) is 10.8 Å². The molecule has 136 valence electrons. The fourth-order valence-corrected chi connectivity index (χ4v) is 4.49. The summed E-state index contributed by atoms with van der Waals surface area (Å²) in [4.78, 5) is 0. The molecule has 2 heterocycles. The highest BCUT2D eigenvalue weighted by atomic mass is 79.9. The van der Waals surface area contributed by atoms with Crippen molar-refractivity contribution in [3.8, 4) is 5.75 Å². The van der Waals surface area contributed by atoms with Crippen molar-refractivity contribution in [1.29, 1.82) is 0 Å². The molecule has 3 aromatic rings. The van der Waals surface area contributed by atoms with Crippen LogP contribution in [0.15, 0.2) is 70.2 Å². The monoisotopic (exact) mass is 420 g/mol. The number of rotatable bonds is 3. The maximum absolute atomic E-state index is 6.29. The summed E-state index contributed by atoms with van der Waals surface area (Å²) in [7, 11) is 0. The number of hydrazone groups is 1. The fraction of sp³-hybridized carbons (Fsp3) is 0.261. The SMILES string of the molecule is CCCC1Oc2ccc(Br)cc2C2CC(c3ccc4ccccc4c3)=NN12. The summed E-state index contributed by atoms with van der Waals surface area (Å²) in [5.74, 6) is 0.993. The predicted molar refractivity (Wildman–Crippen MR) is 113 cm³/mol. The molecule has 0 fully saturated rings. The number of nitrogens with zero attached hydrogens (tertiary/aromatic N) is 2. The van der Waals surface area contributed by atoms with E-state index in [9.17, 15) is 0 Å². The van der Waals surface area contributed by atoms with Crippen molar-refractivity contribution in [1.82, 2.24) is 5.01 Å². The molecule has 27 heavy (non-hydrogen) atoms. The number of hydrogen-bond acceptors (Lipinski definition) is 3. The van der Waals surface area contributed by atoms with Gasteiger partial charge in [0.1, 0.15) is 5.75 Å². The van der Waals surface area contributed by atoms with Crippen LogP contribution >= 0.6 is 15.9 Å². The summed E-state index contributed by atoms with van der Waals surface area (Å²) in [5, 5.41) is 9.73. The number of benzene rings is 3. The molecule has 0 radical (unpaired) electrons. The second-order valence-electron chi connectivity index (χ2n) is 7.25. The van der Waals surface area contributed by atoms with Crippen LogP contribution in [0.3, 0.4) is 0 Å². The average Bonchev–Trinajstić information content (AvgIpc) is 3.14. The summed E-state index contributed by atoms with van der Waals surface area (Å²) in [6, 6.07) is 21.7. The molecule has 0 amide bonds. The molecule has 4 heteroatoms. The topological polar surface area (TPSA) is 24.8 Å². The van der Waals surface area contributed by atoms with Gasteiger partial charge in [-0.1, -0.05) is 65.7 Å². The Kier molecular flexibility index (Phi) is 4.16. The van der Waals surface area contributed by atoms with Crippen LogP contribution in [0, 0.1) is 0 Å². The zero-order valence-corrected chi connectivity index (χ0v) is 16.8. The second kappa shape index (κ2) is 6.68. The summed E-state index contributed by atoms with van der Waals surface area (Å²) in [5.41, 5.74) is 3.56. The van der Waals surface area contributed by atoms with E-state index in [-0.39, 0.29) is 12.3 Å². The zero-order chi connectivity index (χ0) is 18.4. The van der Waals surface area contributed by atoms with Gasteiger partial charge in [0.25, 0.3) is 0 Å². The van der Waals surface area contributed by atoms with E-state index >= 15 is 0 Å². The van der Waals surface area contributed by atoms with Crippen molar-refractivity contribution in [2.24, 2.45) is 5.10 Å². The second-order valence-corrected chi connectivity index (χ2v) is 8.17. The van der Waals surface area contributed by atoms with E-state index < -0.39 is 0 Å². The van der Waals surface area contributed by atoms with Crippen LogP contribution in [0.4, 0.5) is 0 Å². The van der Waals surface area contributed by atoms with Gasteiger partial charge in [-0.2, -0.15) is 5.10 Å². The highest BCUT2D eigenvalue weighted by Gasteiger charge is 2.39. The van der Waals surface area contributed by atoms with Crippen molar-refractivity contribution < 1.29 is 4.74 Å².